The van der Waals surface area contributed by atoms with E-state index >= 15 is 0 Å². The van der Waals surface area contributed by atoms with Crippen molar-refractivity contribution in [2.75, 3.05) is 12.4 Å². The molecule has 23 heavy (non-hydrogen) atoms. The predicted molar refractivity (Wildman–Crippen MR) is 98.3 cm³/mol. The smallest absolute Gasteiger partial charge is 0.336 e. The first-order valence-electron chi connectivity index (χ1n) is 7.92. The molecule has 1 aromatic heterocycles. The van der Waals surface area contributed by atoms with Crippen LogP contribution in [0.1, 0.15) is 25.0 Å². The van der Waals surface area contributed by atoms with Gasteiger partial charge in [0.15, 0.2) is 0 Å². The molecule has 120 valence electrons. The first kappa shape index (κ1) is 16.8. The summed E-state index contributed by atoms with van der Waals surface area (Å²) < 4.78 is 5.31. The minimum atomic E-state index is -0.307. The molecule has 0 aliphatic carbocycles. The highest BCUT2D eigenvalue weighted by Gasteiger charge is 2.06. The minimum Gasteiger partial charge on any atom is -0.423 e. The first-order valence-corrected chi connectivity index (χ1v) is 7.92. The van der Waals surface area contributed by atoms with E-state index in [9.17, 15) is 4.79 Å². The standard InChI is InChI=1S/C18H17NO2.C2H6/c1-11-9-18(20)21-17-10-14(4-6-15(11)17)13-5-7-16(19-3)12(2)8-13;1-2/h4-10,19H,1-3H3;1-2H3. The van der Waals surface area contributed by atoms with Crippen LogP contribution in [0.15, 0.2) is 51.7 Å². The molecule has 3 rings (SSSR count). The van der Waals surface area contributed by atoms with Crippen LogP contribution in [0.5, 0.6) is 0 Å². The van der Waals surface area contributed by atoms with Gasteiger partial charge in [0.1, 0.15) is 5.58 Å². The second-order valence-corrected chi connectivity index (χ2v) is 5.24. The third kappa shape index (κ3) is 3.45. The van der Waals surface area contributed by atoms with Crippen LogP contribution in [0.4, 0.5) is 5.69 Å². The Morgan fingerprint density at radius 2 is 1.52 bits per heavy atom. The largest absolute Gasteiger partial charge is 0.423 e. The molecule has 0 fully saturated rings. The fourth-order valence-electron chi connectivity index (χ4n) is 2.63. The highest BCUT2D eigenvalue weighted by Crippen LogP contribution is 2.28. The summed E-state index contributed by atoms with van der Waals surface area (Å²) in [5, 5.41) is 4.13. The van der Waals surface area contributed by atoms with Gasteiger partial charge >= 0.3 is 5.63 Å². The van der Waals surface area contributed by atoms with Crippen molar-refractivity contribution in [2.45, 2.75) is 27.7 Å². The van der Waals surface area contributed by atoms with Crippen LogP contribution in [-0.4, -0.2) is 7.05 Å². The summed E-state index contributed by atoms with van der Waals surface area (Å²) in [4.78, 5) is 11.5. The monoisotopic (exact) mass is 309 g/mol. The second-order valence-electron chi connectivity index (χ2n) is 5.24. The van der Waals surface area contributed by atoms with Gasteiger partial charge in [-0.2, -0.15) is 0 Å². The van der Waals surface area contributed by atoms with E-state index in [0.29, 0.717) is 5.58 Å². The number of rotatable bonds is 2. The lowest BCUT2D eigenvalue weighted by molar-refractivity contribution is 0.560. The SMILES string of the molecule is CC.CNc1ccc(-c2ccc3c(C)cc(=O)oc3c2)cc1C. The lowest BCUT2D eigenvalue weighted by atomic mass is 10.0. The van der Waals surface area contributed by atoms with Gasteiger partial charge in [-0.25, -0.2) is 4.79 Å². The molecule has 0 radical (unpaired) electrons. The third-order valence-corrected chi connectivity index (χ3v) is 3.78. The Morgan fingerprint density at radius 1 is 0.870 bits per heavy atom. The summed E-state index contributed by atoms with van der Waals surface area (Å²) in [7, 11) is 1.91. The van der Waals surface area contributed by atoms with Crippen LogP contribution < -0.4 is 10.9 Å². The van der Waals surface area contributed by atoms with E-state index in [1.165, 1.54) is 11.6 Å². The summed E-state index contributed by atoms with van der Waals surface area (Å²) >= 11 is 0. The summed E-state index contributed by atoms with van der Waals surface area (Å²) in [6, 6.07) is 13.8. The van der Waals surface area contributed by atoms with E-state index < -0.39 is 0 Å². The molecule has 3 heteroatoms. The molecule has 0 bridgehead atoms. The van der Waals surface area contributed by atoms with Crippen LogP contribution in [0.25, 0.3) is 22.1 Å². The van der Waals surface area contributed by atoms with Gasteiger partial charge in [-0.3, -0.25) is 0 Å². The molecule has 1 N–H and O–H groups in total. The molecule has 0 aliphatic heterocycles. The van der Waals surface area contributed by atoms with E-state index in [4.69, 9.17) is 4.42 Å². The van der Waals surface area contributed by atoms with Gasteiger partial charge in [0.25, 0.3) is 0 Å². The maximum Gasteiger partial charge on any atom is 0.336 e. The van der Waals surface area contributed by atoms with Crippen LogP contribution in [0, 0.1) is 13.8 Å². The normalized spacial score (nSPS) is 10.1. The number of nitrogens with one attached hydrogen (secondary N) is 1. The molecule has 0 unspecified atom stereocenters. The number of benzene rings is 2. The maximum absolute atomic E-state index is 11.5. The first-order chi connectivity index (χ1) is 11.1. The zero-order valence-corrected chi connectivity index (χ0v) is 14.4. The van der Waals surface area contributed by atoms with E-state index in [1.807, 2.05) is 40.0 Å². The molecule has 1 heterocycles. The van der Waals surface area contributed by atoms with Gasteiger partial charge in [0.2, 0.25) is 0 Å². The lowest BCUT2D eigenvalue weighted by Gasteiger charge is -2.09. The van der Waals surface area contributed by atoms with Crippen molar-refractivity contribution in [3.8, 4) is 11.1 Å². The Kier molecular flexibility index (Phi) is 5.22. The molecule has 0 saturated carbocycles. The van der Waals surface area contributed by atoms with Gasteiger partial charge < -0.3 is 9.73 Å². The van der Waals surface area contributed by atoms with Gasteiger partial charge in [0.05, 0.1) is 0 Å². The number of aryl methyl sites for hydroxylation is 2. The zero-order valence-electron chi connectivity index (χ0n) is 14.4. The van der Waals surface area contributed by atoms with Crippen LogP contribution in [0.3, 0.4) is 0 Å². The average Bonchev–Trinajstić information content (AvgIpc) is 2.56. The Labute approximate surface area is 137 Å². The molecule has 0 aliphatic rings. The van der Waals surface area contributed by atoms with Crippen LogP contribution in [-0.2, 0) is 0 Å². The quantitative estimate of drug-likeness (QED) is 0.666. The number of hydrogen-bond donors (Lipinski definition) is 1. The fraction of sp³-hybridized carbons (Fsp3) is 0.250. The summed E-state index contributed by atoms with van der Waals surface area (Å²) in [5.74, 6) is 0. The topological polar surface area (TPSA) is 42.2 Å². The van der Waals surface area contributed by atoms with Crippen molar-refractivity contribution in [1.29, 1.82) is 0 Å². The Bertz CT molecular complexity index is 878. The highest BCUT2D eigenvalue weighted by atomic mass is 16.4. The van der Waals surface area contributed by atoms with Crippen molar-refractivity contribution in [2.24, 2.45) is 0 Å². The molecule has 0 atom stereocenters. The van der Waals surface area contributed by atoms with Gasteiger partial charge in [-0.05, 0) is 54.3 Å². The van der Waals surface area contributed by atoms with E-state index in [-0.39, 0.29) is 5.63 Å². The summed E-state index contributed by atoms with van der Waals surface area (Å²) in [6.45, 7) is 7.99. The Morgan fingerprint density at radius 3 is 2.17 bits per heavy atom. The van der Waals surface area contributed by atoms with Crippen LogP contribution in [0.2, 0.25) is 0 Å². The molecule has 0 amide bonds. The predicted octanol–water partition coefficient (Wildman–Crippen LogP) is 5.14. The fourth-order valence-corrected chi connectivity index (χ4v) is 2.63. The average molecular weight is 309 g/mol. The van der Waals surface area contributed by atoms with E-state index in [1.54, 1.807) is 0 Å². The van der Waals surface area contributed by atoms with Crippen LogP contribution >= 0.6 is 0 Å². The van der Waals surface area contributed by atoms with Crippen molar-refractivity contribution in [3.63, 3.8) is 0 Å². The molecule has 2 aromatic carbocycles. The van der Waals surface area contributed by atoms with E-state index in [0.717, 1.165) is 27.8 Å². The van der Waals surface area contributed by atoms with Gasteiger partial charge in [0, 0.05) is 24.2 Å². The molecule has 3 aromatic rings. The molecular weight excluding hydrogens is 286 g/mol. The lowest BCUT2D eigenvalue weighted by Crippen LogP contribution is -1.97. The number of fused-ring (bicyclic) bond motifs is 1. The number of anilines is 1. The van der Waals surface area contributed by atoms with Crippen molar-refractivity contribution >= 4 is 16.7 Å². The van der Waals surface area contributed by atoms with E-state index in [2.05, 4.69) is 36.5 Å². The third-order valence-electron chi connectivity index (χ3n) is 3.78. The van der Waals surface area contributed by atoms with Crippen molar-refractivity contribution < 1.29 is 4.42 Å². The second kappa shape index (κ2) is 7.14. The maximum atomic E-state index is 11.5. The molecule has 3 nitrogen and oxygen atoms in total. The van der Waals surface area contributed by atoms with Crippen molar-refractivity contribution in [1.82, 2.24) is 0 Å². The molecular formula is C20H23NO2. The Hall–Kier alpha value is -2.55. The zero-order chi connectivity index (χ0) is 17.0. The molecule has 0 spiro atoms. The minimum absolute atomic E-state index is 0.307. The summed E-state index contributed by atoms with van der Waals surface area (Å²) in [5.41, 5.74) is 5.71. The molecule has 0 saturated heterocycles. The Balaban J connectivity index is 0.000000924. The van der Waals surface area contributed by atoms with Gasteiger partial charge in [-0.1, -0.05) is 32.0 Å². The van der Waals surface area contributed by atoms with Crippen molar-refractivity contribution in [3.05, 3.63) is 64.0 Å². The van der Waals surface area contributed by atoms with Gasteiger partial charge in [-0.15, -0.1) is 0 Å². The number of hydrogen-bond acceptors (Lipinski definition) is 3. The highest BCUT2D eigenvalue weighted by molar-refractivity contribution is 5.85. The summed E-state index contributed by atoms with van der Waals surface area (Å²) in [6.07, 6.45) is 0.